The Morgan fingerprint density at radius 3 is 2.70 bits per heavy atom. The molecule has 20 heavy (non-hydrogen) atoms. The van der Waals surface area contributed by atoms with E-state index >= 15 is 0 Å². The van der Waals surface area contributed by atoms with Crippen LogP contribution in [0.15, 0.2) is 40.9 Å². The molecule has 4 heteroatoms. The van der Waals surface area contributed by atoms with E-state index in [1.54, 1.807) is 12.1 Å². The fourth-order valence-corrected chi connectivity index (χ4v) is 2.37. The van der Waals surface area contributed by atoms with Gasteiger partial charge in [0.1, 0.15) is 18.2 Å². The third-order valence-corrected chi connectivity index (χ3v) is 3.54. The molecule has 0 unspecified atom stereocenters. The molecule has 0 saturated carbocycles. The minimum absolute atomic E-state index is 0.128. The zero-order chi connectivity index (χ0) is 14.7. The van der Waals surface area contributed by atoms with Gasteiger partial charge in [0.25, 0.3) is 0 Å². The zero-order valence-electron chi connectivity index (χ0n) is 11.5. The number of hydrogen-bond donors (Lipinski definition) is 1. The van der Waals surface area contributed by atoms with Gasteiger partial charge >= 0.3 is 0 Å². The van der Waals surface area contributed by atoms with Crippen LogP contribution in [0.5, 0.6) is 5.75 Å². The molecule has 0 bridgehead atoms. The first kappa shape index (κ1) is 15.0. The first-order chi connectivity index (χ1) is 9.47. The van der Waals surface area contributed by atoms with E-state index in [1.807, 2.05) is 32.0 Å². The molecular formula is C16H17BrFNO. The van der Waals surface area contributed by atoms with Gasteiger partial charge in [0.05, 0.1) is 0 Å². The molecule has 2 N–H and O–H groups in total. The Labute approximate surface area is 126 Å². The van der Waals surface area contributed by atoms with Gasteiger partial charge in [-0.1, -0.05) is 33.6 Å². The molecule has 0 radical (unpaired) electrons. The molecule has 106 valence electrons. The van der Waals surface area contributed by atoms with Gasteiger partial charge in [-0.3, -0.25) is 0 Å². The summed E-state index contributed by atoms with van der Waals surface area (Å²) < 4.78 is 20.2. The summed E-state index contributed by atoms with van der Waals surface area (Å²) in [5, 5.41) is 0. The second-order valence-corrected chi connectivity index (χ2v) is 5.77. The lowest BCUT2D eigenvalue weighted by Gasteiger charge is -2.15. The monoisotopic (exact) mass is 337 g/mol. The Morgan fingerprint density at radius 2 is 2.00 bits per heavy atom. The number of ether oxygens (including phenoxy) is 1. The van der Waals surface area contributed by atoms with Crippen molar-refractivity contribution in [2.45, 2.75) is 26.5 Å². The highest BCUT2D eigenvalue weighted by atomic mass is 79.9. The number of halogens is 2. The molecule has 0 aliphatic rings. The van der Waals surface area contributed by atoms with E-state index in [0.717, 1.165) is 15.6 Å². The molecule has 2 aromatic carbocycles. The maximum atomic E-state index is 13.7. The summed E-state index contributed by atoms with van der Waals surface area (Å²) in [7, 11) is 0. The SMILES string of the molecule is Cc1ccc(OCc2cc(Br)ccc2F)c([C@@H](C)N)c1. The summed E-state index contributed by atoms with van der Waals surface area (Å²) in [5.74, 6) is 0.424. The lowest BCUT2D eigenvalue weighted by Crippen LogP contribution is -2.09. The second kappa shape index (κ2) is 6.37. The van der Waals surface area contributed by atoms with Crippen molar-refractivity contribution in [3.63, 3.8) is 0 Å². The zero-order valence-corrected chi connectivity index (χ0v) is 13.1. The van der Waals surface area contributed by atoms with Gasteiger partial charge in [0.2, 0.25) is 0 Å². The molecule has 0 heterocycles. The van der Waals surface area contributed by atoms with Crippen LogP contribution in [-0.4, -0.2) is 0 Å². The highest BCUT2D eigenvalue weighted by Gasteiger charge is 2.10. The summed E-state index contributed by atoms with van der Waals surface area (Å²) in [6.45, 7) is 4.08. The first-order valence-electron chi connectivity index (χ1n) is 6.40. The van der Waals surface area contributed by atoms with Crippen LogP contribution in [0, 0.1) is 12.7 Å². The van der Waals surface area contributed by atoms with E-state index in [1.165, 1.54) is 6.07 Å². The molecule has 0 aliphatic carbocycles. The predicted octanol–water partition coefficient (Wildman–Crippen LogP) is 4.50. The lowest BCUT2D eigenvalue weighted by molar-refractivity contribution is 0.295. The summed E-state index contributed by atoms with van der Waals surface area (Å²) in [4.78, 5) is 0. The highest BCUT2D eigenvalue weighted by molar-refractivity contribution is 9.10. The van der Waals surface area contributed by atoms with Gasteiger partial charge in [0, 0.05) is 21.6 Å². The van der Waals surface area contributed by atoms with Crippen LogP contribution >= 0.6 is 15.9 Å². The second-order valence-electron chi connectivity index (χ2n) is 4.85. The molecule has 0 aromatic heterocycles. The van der Waals surface area contributed by atoms with Crippen LogP contribution in [0.25, 0.3) is 0 Å². The highest BCUT2D eigenvalue weighted by Crippen LogP contribution is 2.26. The van der Waals surface area contributed by atoms with Crippen LogP contribution in [0.1, 0.15) is 29.7 Å². The largest absolute Gasteiger partial charge is 0.488 e. The maximum absolute atomic E-state index is 13.7. The van der Waals surface area contributed by atoms with Crippen LogP contribution in [0.2, 0.25) is 0 Å². The first-order valence-corrected chi connectivity index (χ1v) is 7.19. The smallest absolute Gasteiger partial charge is 0.129 e. The van der Waals surface area contributed by atoms with Crippen LogP contribution in [-0.2, 0) is 6.61 Å². The van der Waals surface area contributed by atoms with E-state index in [0.29, 0.717) is 11.3 Å². The van der Waals surface area contributed by atoms with Gasteiger partial charge in [-0.15, -0.1) is 0 Å². The van der Waals surface area contributed by atoms with Crippen molar-refractivity contribution in [2.24, 2.45) is 5.73 Å². The van der Waals surface area contributed by atoms with Crippen molar-refractivity contribution in [1.29, 1.82) is 0 Å². The molecule has 0 fully saturated rings. The van der Waals surface area contributed by atoms with E-state index in [2.05, 4.69) is 15.9 Å². The molecule has 0 aliphatic heterocycles. The Kier molecular flexibility index (Phi) is 4.78. The number of rotatable bonds is 4. The number of nitrogens with two attached hydrogens (primary N) is 1. The summed E-state index contributed by atoms with van der Waals surface area (Å²) in [6, 6.07) is 10.5. The van der Waals surface area contributed by atoms with Crippen molar-refractivity contribution in [3.8, 4) is 5.75 Å². The number of benzene rings is 2. The lowest BCUT2D eigenvalue weighted by atomic mass is 10.1. The van der Waals surface area contributed by atoms with E-state index in [9.17, 15) is 4.39 Å². The van der Waals surface area contributed by atoms with Gasteiger partial charge in [-0.25, -0.2) is 4.39 Å². The topological polar surface area (TPSA) is 35.2 Å². The average molecular weight is 338 g/mol. The molecular weight excluding hydrogens is 321 g/mol. The van der Waals surface area contributed by atoms with Crippen molar-refractivity contribution < 1.29 is 9.13 Å². The summed E-state index contributed by atoms with van der Waals surface area (Å²) >= 11 is 3.33. The van der Waals surface area contributed by atoms with Crippen molar-refractivity contribution in [3.05, 3.63) is 63.4 Å². The van der Waals surface area contributed by atoms with Crippen LogP contribution in [0.4, 0.5) is 4.39 Å². The Hall–Kier alpha value is -1.39. The maximum Gasteiger partial charge on any atom is 0.129 e. The molecule has 2 nitrogen and oxygen atoms in total. The standard InChI is InChI=1S/C16H17BrFNO/c1-10-3-6-16(14(7-10)11(2)19)20-9-12-8-13(17)4-5-15(12)18/h3-8,11H,9,19H2,1-2H3/t11-/m1/s1. The van der Waals surface area contributed by atoms with E-state index in [-0.39, 0.29) is 18.5 Å². The van der Waals surface area contributed by atoms with Gasteiger partial charge in [0.15, 0.2) is 0 Å². The average Bonchev–Trinajstić information content (AvgIpc) is 2.40. The molecule has 2 aromatic rings. The Bertz CT molecular complexity index is 613. The summed E-state index contributed by atoms with van der Waals surface area (Å²) in [6.07, 6.45) is 0. The number of aryl methyl sites for hydroxylation is 1. The molecule has 0 spiro atoms. The van der Waals surface area contributed by atoms with Gasteiger partial charge in [-0.2, -0.15) is 0 Å². The van der Waals surface area contributed by atoms with Crippen molar-refractivity contribution in [1.82, 2.24) is 0 Å². The minimum Gasteiger partial charge on any atom is -0.488 e. The normalized spacial score (nSPS) is 12.2. The van der Waals surface area contributed by atoms with Gasteiger partial charge < -0.3 is 10.5 Å². The number of hydrogen-bond acceptors (Lipinski definition) is 2. The molecule has 0 amide bonds. The molecule has 0 saturated heterocycles. The predicted molar refractivity (Wildman–Crippen MR) is 82.2 cm³/mol. The van der Waals surface area contributed by atoms with E-state index < -0.39 is 0 Å². The minimum atomic E-state index is -0.275. The molecule has 1 atom stereocenters. The third kappa shape index (κ3) is 3.58. The van der Waals surface area contributed by atoms with Crippen LogP contribution in [0.3, 0.4) is 0 Å². The van der Waals surface area contributed by atoms with Crippen molar-refractivity contribution in [2.75, 3.05) is 0 Å². The molecule has 2 rings (SSSR count). The summed E-state index contributed by atoms with van der Waals surface area (Å²) in [5.41, 5.74) is 8.51. The Balaban J connectivity index is 2.20. The van der Waals surface area contributed by atoms with E-state index in [4.69, 9.17) is 10.5 Å². The fraction of sp³-hybridized carbons (Fsp3) is 0.250. The quantitative estimate of drug-likeness (QED) is 0.891. The third-order valence-electron chi connectivity index (χ3n) is 3.05. The Morgan fingerprint density at radius 1 is 1.25 bits per heavy atom. The van der Waals surface area contributed by atoms with Crippen LogP contribution < -0.4 is 10.5 Å². The van der Waals surface area contributed by atoms with Crippen molar-refractivity contribution >= 4 is 15.9 Å². The fourth-order valence-electron chi connectivity index (χ4n) is 1.96. The van der Waals surface area contributed by atoms with Gasteiger partial charge in [-0.05, 0) is 38.1 Å².